The highest BCUT2D eigenvalue weighted by atomic mass is 32.1. The van der Waals surface area contributed by atoms with E-state index in [2.05, 4.69) is 219 Å². The molecule has 0 radical (unpaired) electrons. The lowest BCUT2D eigenvalue weighted by Gasteiger charge is -2.28. The van der Waals surface area contributed by atoms with Gasteiger partial charge in [-0.1, -0.05) is 352 Å². The van der Waals surface area contributed by atoms with E-state index in [1.807, 2.05) is 0 Å². The van der Waals surface area contributed by atoms with Crippen molar-refractivity contribution in [2.24, 2.45) is 59.2 Å². The summed E-state index contributed by atoms with van der Waals surface area (Å²) in [6.45, 7) is 11.5. The van der Waals surface area contributed by atoms with Crippen molar-refractivity contribution < 1.29 is 23.5 Å². The molecule has 5 aromatic carbocycles. The summed E-state index contributed by atoms with van der Waals surface area (Å²) < 4.78 is 0. The highest BCUT2D eigenvalue weighted by Gasteiger charge is 2.25. The van der Waals surface area contributed by atoms with E-state index in [9.17, 15) is 0 Å². The van der Waals surface area contributed by atoms with Crippen molar-refractivity contribution in [3.05, 3.63) is 149 Å². The lowest BCUT2D eigenvalue weighted by Crippen LogP contribution is -2.15. The third kappa shape index (κ3) is 46.2. The van der Waals surface area contributed by atoms with Crippen LogP contribution in [0.25, 0.3) is 0 Å². The summed E-state index contributed by atoms with van der Waals surface area (Å²) in [6, 6.07) is 43.5. The molecule has 0 aromatic heterocycles. The van der Waals surface area contributed by atoms with Gasteiger partial charge in [0.1, 0.15) is 0 Å². The third-order valence-corrected chi connectivity index (χ3v) is 26.3. The molecule has 0 saturated heterocycles. The molecule has 0 spiro atoms. The molecular formula is C95H155F5S5. The van der Waals surface area contributed by atoms with Gasteiger partial charge in [-0.05, 0) is 212 Å². The van der Waals surface area contributed by atoms with Crippen molar-refractivity contribution in [1.29, 1.82) is 0 Å². The van der Waals surface area contributed by atoms with Crippen molar-refractivity contribution in [3.8, 4) is 0 Å². The molecule has 5 aromatic rings. The Kier molecular flexibility index (Phi) is 60.4. The number of hydrogen-bond acceptors (Lipinski definition) is 5. The van der Waals surface area contributed by atoms with Crippen LogP contribution < -0.4 is 0 Å². The van der Waals surface area contributed by atoms with E-state index in [0.29, 0.717) is 0 Å². The minimum absolute atomic E-state index is 0. The van der Waals surface area contributed by atoms with Gasteiger partial charge in [-0.15, -0.1) is 63.1 Å². The number of rotatable bonds is 35. The van der Waals surface area contributed by atoms with Crippen molar-refractivity contribution in [1.82, 2.24) is 0 Å². The second-order valence-electron chi connectivity index (χ2n) is 32.9. The Morgan fingerprint density at radius 2 is 0.295 bits per heavy atom. The molecule has 10 rings (SSSR count). The fourth-order valence-electron chi connectivity index (χ4n) is 17.6. The molecule has 600 valence electrons. The molecule has 0 aliphatic heterocycles. The molecule has 0 nitrogen and oxygen atoms in total. The predicted molar refractivity (Wildman–Crippen MR) is 471 cm³/mol. The quantitative estimate of drug-likeness (QED) is 0.0149. The van der Waals surface area contributed by atoms with E-state index in [-0.39, 0.29) is 23.5 Å². The molecule has 10 heteroatoms. The number of benzene rings is 5. The first kappa shape index (κ1) is 101. The zero-order valence-electron chi connectivity index (χ0n) is 67.0. The van der Waals surface area contributed by atoms with Crippen LogP contribution >= 0.6 is 63.1 Å². The summed E-state index contributed by atoms with van der Waals surface area (Å²) in [5, 5.41) is 0. The molecule has 0 atom stereocenters. The summed E-state index contributed by atoms with van der Waals surface area (Å²) in [6.07, 6.45) is 71.5. The molecule has 105 heavy (non-hydrogen) atoms. The minimum atomic E-state index is 0. The van der Waals surface area contributed by atoms with Gasteiger partial charge in [0.25, 0.3) is 0 Å². The van der Waals surface area contributed by atoms with Crippen molar-refractivity contribution in [3.63, 3.8) is 0 Å². The van der Waals surface area contributed by atoms with Gasteiger partial charge in [0.2, 0.25) is 0 Å². The van der Waals surface area contributed by atoms with Gasteiger partial charge in [0, 0.05) is 24.5 Å². The summed E-state index contributed by atoms with van der Waals surface area (Å²) in [5.74, 6) is 10.1. The van der Waals surface area contributed by atoms with Crippen molar-refractivity contribution >= 4 is 63.1 Å². The number of thiol groups is 5. The Bertz CT molecular complexity index is 2270. The second-order valence-corrected chi connectivity index (χ2v) is 35.5. The number of unbranched alkanes of at least 4 members (excludes halogenated alkanes) is 10. The van der Waals surface area contributed by atoms with E-state index < -0.39 is 0 Å². The molecule has 0 unspecified atom stereocenters. The average Bonchev–Trinajstić information content (AvgIpc) is 0.996. The fraction of sp³-hybridized carbons (Fsp3) is 0.684. The standard InChI is InChI=1S/5C19H30S.5FH/c5*1-2-3-4-5-16-6-8-17(9-7-16)10-11-18-12-14-19(20)15-13-18;;;;;/h5*12-17,20H,2-11H2,1H3;5*1H. The summed E-state index contributed by atoms with van der Waals surface area (Å²) in [5.41, 5.74) is 7.40. The Balaban J connectivity index is 0.000000649. The van der Waals surface area contributed by atoms with E-state index in [1.54, 1.807) is 0 Å². The maximum absolute atomic E-state index is 4.35. The smallest absolute Gasteiger partial charge is 0.00401 e. The van der Waals surface area contributed by atoms with Crippen LogP contribution in [-0.4, -0.2) is 0 Å². The SMILES string of the molecule is CCCCCC1CCC(CCc2ccc(S)cc2)CC1.CCCCCC1CCC(CCc2ccc(S)cc2)CC1.CCCCCC1CCC(CCc2ccc(S)cc2)CC1.CCCCCC1CCC(CCc2ccc(S)cc2)CC1.CCCCCC1CCC(CCc2ccc(S)cc2)CC1.F.F.F.F.F. The van der Waals surface area contributed by atoms with Crippen LogP contribution in [0.2, 0.25) is 0 Å². The largest absolute Gasteiger partial charge is 0.269 e. The van der Waals surface area contributed by atoms with Gasteiger partial charge in [-0.3, -0.25) is 23.5 Å². The molecule has 5 aliphatic rings. The Labute approximate surface area is 670 Å². The lowest BCUT2D eigenvalue weighted by molar-refractivity contribution is 0.249. The topological polar surface area (TPSA) is 0 Å². The molecule has 5 fully saturated rings. The molecule has 5 aliphatic carbocycles. The van der Waals surface area contributed by atoms with Crippen molar-refractivity contribution in [2.75, 3.05) is 0 Å². The van der Waals surface area contributed by atoms with E-state index >= 15 is 0 Å². The summed E-state index contributed by atoms with van der Waals surface area (Å²) in [4.78, 5) is 5.35. The predicted octanol–water partition coefficient (Wildman–Crippen LogP) is 32.2. The Hall–Kier alpha value is -2.50. The maximum Gasteiger partial charge on any atom is 0.00401 e. The fourth-order valence-corrected chi connectivity index (χ4v) is 18.4. The lowest BCUT2D eigenvalue weighted by atomic mass is 9.78. The van der Waals surface area contributed by atoms with Gasteiger partial charge in [0.15, 0.2) is 0 Å². The monoisotopic (exact) mass is 1550 g/mol. The maximum atomic E-state index is 4.35. The van der Waals surface area contributed by atoms with Gasteiger partial charge >= 0.3 is 0 Å². The second kappa shape index (κ2) is 63.1. The van der Waals surface area contributed by atoms with Gasteiger partial charge < -0.3 is 0 Å². The minimum Gasteiger partial charge on any atom is -0.269 e. The van der Waals surface area contributed by atoms with Gasteiger partial charge in [-0.2, -0.15) is 0 Å². The Morgan fingerprint density at radius 3 is 0.410 bits per heavy atom. The van der Waals surface area contributed by atoms with Crippen LogP contribution in [0.3, 0.4) is 0 Å². The molecular weight excluding hydrogens is 1400 g/mol. The normalized spacial score (nSPS) is 21.8. The Morgan fingerprint density at radius 1 is 0.181 bits per heavy atom. The van der Waals surface area contributed by atoms with Crippen LogP contribution in [0.5, 0.6) is 0 Å². The highest BCUT2D eigenvalue weighted by Crippen LogP contribution is 2.39. The van der Waals surface area contributed by atoms with E-state index in [1.165, 1.54) is 349 Å². The summed E-state index contributed by atoms with van der Waals surface area (Å²) in [7, 11) is 0. The zero-order valence-corrected chi connectivity index (χ0v) is 71.4. The molecule has 5 saturated carbocycles. The van der Waals surface area contributed by atoms with Crippen LogP contribution in [-0.2, 0) is 32.1 Å². The van der Waals surface area contributed by atoms with Crippen LogP contribution in [0.4, 0.5) is 23.5 Å². The number of halogens is 5. The highest BCUT2D eigenvalue weighted by molar-refractivity contribution is 7.81. The van der Waals surface area contributed by atoms with Gasteiger partial charge in [0.05, 0.1) is 0 Å². The van der Waals surface area contributed by atoms with Crippen molar-refractivity contribution in [2.45, 2.75) is 380 Å². The summed E-state index contributed by atoms with van der Waals surface area (Å²) >= 11 is 21.7. The molecule has 0 N–H and O–H groups in total. The van der Waals surface area contributed by atoms with E-state index in [4.69, 9.17) is 0 Å². The molecule has 0 bridgehead atoms. The van der Waals surface area contributed by atoms with Crippen LogP contribution in [0, 0.1) is 59.2 Å². The molecule has 0 heterocycles. The first-order valence-corrected chi connectivity index (χ1v) is 45.0. The van der Waals surface area contributed by atoms with Gasteiger partial charge in [-0.25, -0.2) is 0 Å². The molecule has 0 amide bonds. The van der Waals surface area contributed by atoms with Crippen LogP contribution in [0.15, 0.2) is 146 Å². The first-order chi connectivity index (χ1) is 48.9. The van der Waals surface area contributed by atoms with Crippen LogP contribution in [0.1, 0.15) is 351 Å². The third-order valence-electron chi connectivity index (χ3n) is 24.8. The number of hydrogen-bond donors (Lipinski definition) is 5. The average molecular weight is 1550 g/mol. The first-order valence-electron chi connectivity index (χ1n) is 42.8. The number of aryl methyl sites for hydroxylation is 5. The van der Waals surface area contributed by atoms with E-state index in [0.717, 1.165) is 83.7 Å². The zero-order chi connectivity index (χ0) is 71.0.